The molecule has 0 fully saturated rings. The van der Waals surface area contributed by atoms with E-state index < -0.39 is 27.8 Å². The van der Waals surface area contributed by atoms with E-state index in [9.17, 15) is 26.4 Å². The maximum absolute atomic E-state index is 12.8. The summed E-state index contributed by atoms with van der Waals surface area (Å²) in [5.41, 5.74) is 2.87. The first-order valence-electron chi connectivity index (χ1n) is 10.3. The zero-order chi connectivity index (χ0) is 26.5. The molecule has 36 heavy (non-hydrogen) atoms. The lowest BCUT2D eigenvalue weighted by atomic mass is 10.1. The number of ether oxygens (including phenoxy) is 1. The van der Waals surface area contributed by atoms with Gasteiger partial charge in [0.25, 0.3) is 0 Å². The fourth-order valence-corrected chi connectivity index (χ4v) is 4.62. The van der Waals surface area contributed by atoms with Crippen molar-refractivity contribution in [2.45, 2.75) is 24.4 Å². The number of nitrogens with zero attached hydrogens (tertiary/aromatic N) is 1. The maximum atomic E-state index is 12.8. The van der Waals surface area contributed by atoms with E-state index in [0.717, 1.165) is 17.7 Å². The SMILES string of the molecule is COc1cc(/C=N\NC(=O)Cc2cccc(C(F)(F)F)c2)cc(Br)c1OS(=O)(=O)c1ccc(C)cc1. The van der Waals surface area contributed by atoms with Gasteiger partial charge in [-0.2, -0.15) is 26.7 Å². The van der Waals surface area contributed by atoms with Crippen molar-refractivity contribution in [3.05, 3.63) is 87.4 Å². The summed E-state index contributed by atoms with van der Waals surface area (Å²) >= 11 is 3.25. The third-order valence-corrected chi connectivity index (χ3v) is 6.60. The summed E-state index contributed by atoms with van der Waals surface area (Å²) in [6.07, 6.45) is -3.56. The van der Waals surface area contributed by atoms with Crippen molar-refractivity contribution < 1.29 is 35.3 Å². The van der Waals surface area contributed by atoms with Gasteiger partial charge in [-0.1, -0.05) is 35.9 Å². The van der Waals surface area contributed by atoms with Crippen LogP contribution in [0.15, 0.2) is 75.1 Å². The summed E-state index contributed by atoms with van der Waals surface area (Å²) in [7, 11) is -2.82. The molecule has 0 radical (unpaired) electrons. The van der Waals surface area contributed by atoms with Gasteiger partial charge in [0, 0.05) is 0 Å². The van der Waals surface area contributed by atoms with E-state index in [0.29, 0.717) is 5.56 Å². The topological polar surface area (TPSA) is 94.1 Å². The summed E-state index contributed by atoms with van der Waals surface area (Å²) < 4.78 is 74.6. The summed E-state index contributed by atoms with van der Waals surface area (Å²) in [4.78, 5) is 12.1. The number of hydrogen-bond acceptors (Lipinski definition) is 6. The Labute approximate surface area is 214 Å². The molecule has 12 heteroatoms. The highest BCUT2D eigenvalue weighted by Gasteiger charge is 2.30. The lowest BCUT2D eigenvalue weighted by Crippen LogP contribution is -2.20. The lowest BCUT2D eigenvalue weighted by Gasteiger charge is -2.13. The first-order valence-corrected chi connectivity index (χ1v) is 12.5. The number of halogens is 4. The molecule has 1 N–H and O–H groups in total. The Morgan fingerprint density at radius 2 is 1.81 bits per heavy atom. The van der Waals surface area contributed by atoms with Gasteiger partial charge in [-0.25, -0.2) is 5.43 Å². The summed E-state index contributed by atoms with van der Waals surface area (Å²) in [6, 6.07) is 13.5. The Morgan fingerprint density at radius 3 is 2.44 bits per heavy atom. The molecular weight excluding hydrogens is 565 g/mol. The number of carbonyl (C=O) groups is 1. The Kier molecular flexibility index (Phi) is 8.41. The van der Waals surface area contributed by atoms with Gasteiger partial charge in [-0.15, -0.1) is 0 Å². The monoisotopic (exact) mass is 584 g/mol. The van der Waals surface area contributed by atoms with E-state index in [1.807, 2.05) is 6.92 Å². The van der Waals surface area contributed by atoms with Crippen LogP contribution in [0, 0.1) is 6.92 Å². The first kappa shape index (κ1) is 27.2. The highest BCUT2D eigenvalue weighted by Crippen LogP contribution is 2.38. The first-order chi connectivity index (χ1) is 16.9. The Morgan fingerprint density at radius 1 is 1.11 bits per heavy atom. The van der Waals surface area contributed by atoms with Gasteiger partial charge in [0.05, 0.1) is 29.8 Å². The molecule has 0 aromatic heterocycles. The Balaban J connectivity index is 1.71. The molecule has 3 rings (SSSR count). The van der Waals surface area contributed by atoms with Gasteiger partial charge in [0.15, 0.2) is 11.5 Å². The fraction of sp³-hybridized carbons (Fsp3) is 0.167. The standard InChI is InChI=1S/C24H20BrF3N2O5S/c1-15-6-8-19(9-7-15)36(32,33)35-23-20(25)11-17(12-21(23)34-2)14-29-30-22(31)13-16-4-3-5-18(10-16)24(26,27)28/h3-12,14H,13H2,1-2H3,(H,30,31)/b29-14-. The van der Waals surface area contributed by atoms with Gasteiger partial charge in [0.2, 0.25) is 5.91 Å². The minimum Gasteiger partial charge on any atom is -0.493 e. The third-order valence-electron chi connectivity index (χ3n) is 4.78. The molecule has 0 aliphatic heterocycles. The van der Waals surface area contributed by atoms with Crippen molar-refractivity contribution in [1.82, 2.24) is 5.43 Å². The largest absolute Gasteiger partial charge is 0.493 e. The van der Waals surface area contributed by atoms with Crippen molar-refractivity contribution >= 4 is 38.2 Å². The number of benzene rings is 3. The molecule has 0 spiro atoms. The predicted molar refractivity (Wildman–Crippen MR) is 131 cm³/mol. The molecule has 0 bridgehead atoms. The van der Waals surface area contributed by atoms with E-state index in [2.05, 4.69) is 26.5 Å². The lowest BCUT2D eigenvalue weighted by molar-refractivity contribution is -0.137. The number of amides is 1. The molecule has 0 saturated carbocycles. The molecule has 0 aliphatic carbocycles. The van der Waals surface area contributed by atoms with Gasteiger partial charge < -0.3 is 8.92 Å². The van der Waals surface area contributed by atoms with Crippen LogP contribution < -0.4 is 14.3 Å². The minimum absolute atomic E-state index is 0.0313. The maximum Gasteiger partial charge on any atom is 0.416 e. The number of nitrogens with one attached hydrogen (secondary N) is 1. The van der Waals surface area contributed by atoms with Crippen LogP contribution in [0.3, 0.4) is 0 Å². The molecule has 0 heterocycles. The van der Waals surface area contributed by atoms with E-state index in [4.69, 9.17) is 8.92 Å². The summed E-state index contributed by atoms with van der Waals surface area (Å²) in [5, 5.41) is 3.80. The zero-order valence-corrected chi connectivity index (χ0v) is 21.4. The summed E-state index contributed by atoms with van der Waals surface area (Å²) in [5.74, 6) is -0.624. The second kappa shape index (κ2) is 11.1. The molecule has 0 aliphatic rings. The van der Waals surface area contributed by atoms with Crippen LogP contribution in [0.25, 0.3) is 0 Å². The molecule has 0 saturated heterocycles. The van der Waals surface area contributed by atoms with E-state index in [-0.39, 0.29) is 32.9 Å². The van der Waals surface area contributed by atoms with Crippen LogP contribution in [0.5, 0.6) is 11.5 Å². The van der Waals surface area contributed by atoms with Crippen molar-refractivity contribution in [2.24, 2.45) is 5.10 Å². The Bertz CT molecular complexity index is 1390. The molecule has 0 unspecified atom stereocenters. The van der Waals surface area contributed by atoms with Crippen LogP contribution in [-0.4, -0.2) is 27.6 Å². The van der Waals surface area contributed by atoms with Crippen molar-refractivity contribution in [3.63, 3.8) is 0 Å². The average Bonchev–Trinajstić information content (AvgIpc) is 2.80. The molecule has 1 amide bonds. The number of aryl methyl sites for hydroxylation is 1. The molecule has 0 atom stereocenters. The molecule has 3 aromatic carbocycles. The molecule has 190 valence electrons. The van der Waals surface area contributed by atoms with E-state index in [1.54, 1.807) is 12.1 Å². The second-order valence-corrected chi connectivity index (χ2v) is 9.95. The van der Waals surface area contributed by atoms with E-state index in [1.165, 1.54) is 49.7 Å². The van der Waals surface area contributed by atoms with Crippen LogP contribution in [0.2, 0.25) is 0 Å². The van der Waals surface area contributed by atoms with Crippen molar-refractivity contribution in [2.75, 3.05) is 7.11 Å². The second-order valence-electron chi connectivity index (χ2n) is 7.55. The third kappa shape index (κ3) is 7.08. The van der Waals surface area contributed by atoms with Crippen molar-refractivity contribution in [3.8, 4) is 11.5 Å². The molecular formula is C24H20BrF3N2O5S. The van der Waals surface area contributed by atoms with Crippen LogP contribution >= 0.6 is 15.9 Å². The number of hydrazone groups is 1. The highest BCUT2D eigenvalue weighted by molar-refractivity contribution is 9.10. The fourth-order valence-electron chi connectivity index (χ4n) is 3.02. The van der Waals surface area contributed by atoms with Gasteiger partial charge in [-0.3, -0.25) is 4.79 Å². The number of hydrogen-bond donors (Lipinski definition) is 1. The van der Waals surface area contributed by atoms with Crippen LogP contribution in [-0.2, 0) is 27.5 Å². The zero-order valence-electron chi connectivity index (χ0n) is 19.0. The number of carbonyl (C=O) groups excluding carboxylic acids is 1. The van der Waals surface area contributed by atoms with Crippen LogP contribution in [0.1, 0.15) is 22.3 Å². The normalized spacial score (nSPS) is 11.9. The summed E-state index contributed by atoms with van der Waals surface area (Å²) in [6.45, 7) is 1.82. The smallest absolute Gasteiger partial charge is 0.416 e. The average molecular weight is 585 g/mol. The number of rotatable bonds is 8. The minimum atomic E-state index is -4.51. The van der Waals surface area contributed by atoms with Gasteiger partial charge >= 0.3 is 16.3 Å². The van der Waals surface area contributed by atoms with E-state index >= 15 is 0 Å². The van der Waals surface area contributed by atoms with Gasteiger partial charge in [-0.05, 0) is 64.3 Å². The molecule has 7 nitrogen and oxygen atoms in total. The number of methoxy groups -OCH3 is 1. The highest BCUT2D eigenvalue weighted by atomic mass is 79.9. The van der Waals surface area contributed by atoms with Crippen molar-refractivity contribution in [1.29, 1.82) is 0 Å². The number of alkyl halides is 3. The molecule has 3 aromatic rings. The predicted octanol–water partition coefficient (Wildman–Crippen LogP) is 5.25. The van der Waals surface area contributed by atoms with Gasteiger partial charge in [0.1, 0.15) is 4.90 Å². The Hall–Kier alpha value is -3.38. The quantitative estimate of drug-likeness (QED) is 0.222. The van der Waals surface area contributed by atoms with Crippen LogP contribution in [0.4, 0.5) is 13.2 Å².